The van der Waals surface area contributed by atoms with E-state index in [0.717, 1.165) is 17.3 Å². The lowest BCUT2D eigenvalue weighted by Gasteiger charge is -2.18. The first-order valence-electron chi connectivity index (χ1n) is 5.39. The quantitative estimate of drug-likeness (QED) is 0.827. The number of aromatic nitrogens is 4. The van der Waals surface area contributed by atoms with E-state index < -0.39 is 0 Å². The minimum absolute atomic E-state index is 0.116. The molecule has 6 heteroatoms. The van der Waals surface area contributed by atoms with Crippen LogP contribution in [0.3, 0.4) is 0 Å². The molecular formula is C11H15ClN4O. The number of rotatable bonds is 2. The van der Waals surface area contributed by atoms with Crippen molar-refractivity contribution >= 4 is 11.6 Å². The van der Waals surface area contributed by atoms with Gasteiger partial charge in [-0.1, -0.05) is 25.9 Å². The molecule has 0 spiro atoms. The molecule has 2 aromatic heterocycles. The molecule has 0 aliphatic carbocycles. The molecule has 2 aromatic rings. The molecule has 0 atom stereocenters. The Bertz CT molecular complexity index is 524. The molecule has 92 valence electrons. The highest BCUT2D eigenvalue weighted by atomic mass is 35.5. The van der Waals surface area contributed by atoms with E-state index in [4.69, 9.17) is 16.1 Å². The molecule has 0 radical (unpaired) electrons. The molecule has 0 saturated heterocycles. The van der Waals surface area contributed by atoms with Crippen molar-refractivity contribution in [3.05, 3.63) is 28.6 Å². The molecule has 0 fully saturated rings. The van der Waals surface area contributed by atoms with E-state index in [2.05, 4.69) is 36.1 Å². The summed E-state index contributed by atoms with van der Waals surface area (Å²) >= 11 is 6.03. The lowest BCUT2D eigenvalue weighted by molar-refractivity contribution is 0.367. The Labute approximate surface area is 105 Å². The molecule has 0 saturated carbocycles. The Morgan fingerprint density at radius 1 is 1.35 bits per heavy atom. The van der Waals surface area contributed by atoms with Gasteiger partial charge in [-0.2, -0.15) is 0 Å². The molecule has 0 aliphatic heterocycles. The SMILES string of the molecule is Cc1cc(Cn2c(Cl)nnc2C(C)(C)C)on1. The van der Waals surface area contributed by atoms with Crippen LogP contribution >= 0.6 is 11.6 Å². The molecule has 0 unspecified atom stereocenters. The van der Waals surface area contributed by atoms with Gasteiger partial charge in [-0.25, -0.2) is 0 Å². The number of halogens is 1. The second-order valence-corrected chi connectivity index (χ2v) is 5.40. The van der Waals surface area contributed by atoms with Crippen LogP contribution in [-0.2, 0) is 12.0 Å². The van der Waals surface area contributed by atoms with Crippen molar-refractivity contribution in [3.63, 3.8) is 0 Å². The smallest absolute Gasteiger partial charge is 0.225 e. The Morgan fingerprint density at radius 3 is 2.59 bits per heavy atom. The van der Waals surface area contributed by atoms with Crippen molar-refractivity contribution in [2.24, 2.45) is 0 Å². The van der Waals surface area contributed by atoms with Crippen molar-refractivity contribution in [3.8, 4) is 0 Å². The van der Waals surface area contributed by atoms with Crippen LogP contribution in [0.25, 0.3) is 0 Å². The third-order valence-corrected chi connectivity index (χ3v) is 2.65. The summed E-state index contributed by atoms with van der Waals surface area (Å²) in [6.45, 7) is 8.57. The molecule has 17 heavy (non-hydrogen) atoms. The third kappa shape index (κ3) is 2.49. The first-order valence-corrected chi connectivity index (χ1v) is 5.77. The largest absolute Gasteiger partial charge is 0.359 e. The summed E-state index contributed by atoms with van der Waals surface area (Å²) in [7, 11) is 0. The monoisotopic (exact) mass is 254 g/mol. The highest BCUT2D eigenvalue weighted by molar-refractivity contribution is 6.28. The molecule has 0 aromatic carbocycles. The van der Waals surface area contributed by atoms with Gasteiger partial charge in [0.05, 0.1) is 12.2 Å². The predicted molar refractivity (Wildman–Crippen MR) is 64.1 cm³/mol. The molecule has 2 rings (SSSR count). The zero-order chi connectivity index (χ0) is 12.6. The fraction of sp³-hybridized carbons (Fsp3) is 0.545. The molecule has 0 amide bonds. The van der Waals surface area contributed by atoms with E-state index in [0.29, 0.717) is 11.8 Å². The third-order valence-electron chi connectivity index (χ3n) is 2.37. The fourth-order valence-corrected chi connectivity index (χ4v) is 1.80. The Balaban J connectivity index is 2.35. The minimum atomic E-state index is -0.116. The number of hydrogen-bond acceptors (Lipinski definition) is 4. The van der Waals surface area contributed by atoms with Gasteiger partial charge in [-0.05, 0) is 18.5 Å². The zero-order valence-electron chi connectivity index (χ0n) is 10.4. The normalized spacial score (nSPS) is 12.1. The topological polar surface area (TPSA) is 56.7 Å². The van der Waals surface area contributed by atoms with Crippen LogP contribution in [0.1, 0.15) is 38.0 Å². The summed E-state index contributed by atoms with van der Waals surface area (Å²) in [5, 5.41) is 12.2. The first-order chi connectivity index (χ1) is 7.88. The zero-order valence-corrected chi connectivity index (χ0v) is 11.1. The lowest BCUT2D eigenvalue weighted by Crippen LogP contribution is -2.19. The lowest BCUT2D eigenvalue weighted by atomic mass is 9.96. The molecule has 2 heterocycles. The van der Waals surface area contributed by atoms with Crippen LogP contribution in [0.5, 0.6) is 0 Å². The highest BCUT2D eigenvalue weighted by Gasteiger charge is 2.23. The van der Waals surface area contributed by atoms with Crippen molar-refractivity contribution in [2.45, 2.75) is 39.7 Å². The Kier molecular flexibility index (Phi) is 2.95. The number of aryl methyl sites for hydroxylation is 1. The van der Waals surface area contributed by atoms with Crippen molar-refractivity contribution < 1.29 is 4.52 Å². The summed E-state index contributed by atoms with van der Waals surface area (Å²) in [6, 6.07) is 1.88. The average molecular weight is 255 g/mol. The van der Waals surface area contributed by atoms with Crippen molar-refractivity contribution in [1.29, 1.82) is 0 Å². The fourth-order valence-electron chi connectivity index (χ4n) is 1.63. The second kappa shape index (κ2) is 4.14. The van der Waals surface area contributed by atoms with E-state index in [-0.39, 0.29) is 5.41 Å². The van der Waals surface area contributed by atoms with Crippen molar-refractivity contribution in [2.75, 3.05) is 0 Å². The molecule has 0 bridgehead atoms. The molecule has 0 N–H and O–H groups in total. The van der Waals surface area contributed by atoms with Gasteiger partial charge in [-0.3, -0.25) is 4.57 Å². The van der Waals surface area contributed by atoms with E-state index in [1.165, 1.54) is 0 Å². The first kappa shape index (κ1) is 12.1. The van der Waals surface area contributed by atoms with Gasteiger partial charge >= 0.3 is 0 Å². The van der Waals surface area contributed by atoms with Crippen molar-refractivity contribution in [1.82, 2.24) is 19.9 Å². The molecular weight excluding hydrogens is 240 g/mol. The number of hydrogen-bond donors (Lipinski definition) is 0. The van der Waals surface area contributed by atoms with Gasteiger partial charge in [-0.15, -0.1) is 10.2 Å². The van der Waals surface area contributed by atoms with Gasteiger partial charge in [0.15, 0.2) is 5.76 Å². The van der Waals surface area contributed by atoms with Crippen LogP contribution < -0.4 is 0 Å². The van der Waals surface area contributed by atoms with E-state index in [1.807, 2.05) is 17.6 Å². The maximum absolute atomic E-state index is 6.03. The summed E-state index contributed by atoms with van der Waals surface area (Å²) in [6.07, 6.45) is 0. The number of nitrogens with zero attached hydrogens (tertiary/aromatic N) is 4. The summed E-state index contributed by atoms with van der Waals surface area (Å²) in [4.78, 5) is 0. The van der Waals surface area contributed by atoms with Gasteiger partial charge in [0, 0.05) is 11.5 Å². The van der Waals surface area contributed by atoms with Crippen LogP contribution in [0.15, 0.2) is 10.6 Å². The van der Waals surface area contributed by atoms with E-state index in [9.17, 15) is 0 Å². The summed E-state index contributed by atoms with van der Waals surface area (Å²) in [5.41, 5.74) is 0.733. The Morgan fingerprint density at radius 2 is 2.06 bits per heavy atom. The van der Waals surface area contributed by atoms with Crippen LogP contribution in [0.2, 0.25) is 5.28 Å². The molecule has 0 aliphatic rings. The molecule has 5 nitrogen and oxygen atoms in total. The maximum atomic E-state index is 6.03. The highest BCUT2D eigenvalue weighted by Crippen LogP contribution is 2.23. The van der Waals surface area contributed by atoms with Gasteiger partial charge in [0.1, 0.15) is 5.82 Å². The van der Waals surface area contributed by atoms with Gasteiger partial charge in [0.2, 0.25) is 5.28 Å². The van der Waals surface area contributed by atoms with Crippen LogP contribution in [-0.4, -0.2) is 19.9 Å². The Hall–Kier alpha value is -1.36. The van der Waals surface area contributed by atoms with E-state index >= 15 is 0 Å². The summed E-state index contributed by atoms with van der Waals surface area (Å²) in [5.74, 6) is 1.58. The standard InChI is InChI=1S/C11H15ClN4O/c1-7-5-8(17-15-7)6-16-9(11(2,3)4)13-14-10(16)12/h5H,6H2,1-4H3. The van der Waals surface area contributed by atoms with Crippen LogP contribution in [0.4, 0.5) is 0 Å². The summed E-state index contributed by atoms with van der Waals surface area (Å²) < 4.78 is 7.01. The van der Waals surface area contributed by atoms with Crippen LogP contribution in [0, 0.1) is 6.92 Å². The second-order valence-electron chi connectivity index (χ2n) is 5.06. The minimum Gasteiger partial charge on any atom is -0.359 e. The maximum Gasteiger partial charge on any atom is 0.225 e. The average Bonchev–Trinajstić information content (AvgIpc) is 2.74. The van der Waals surface area contributed by atoms with Gasteiger partial charge < -0.3 is 4.52 Å². The van der Waals surface area contributed by atoms with E-state index in [1.54, 1.807) is 0 Å². The predicted octanol–water partition coefficient (Wildman–Crippen LogP) is 2.57. The van der Waals surface area contributed by atoms with Gasteiger partial charge in [0.25, 0.3) is 0 Å².